The van der Waals surface area contributed by atoms with E-state index in [1.54, 1.807) is 36.2 Å². The van der Waals surface area contributed by atoms with Gasteiger partial charge in [0.05, 0.1) is 35.4 Å². The molecule has 0 saturated heterocycles. The van der Waals surface area contributed by atoms with Gasteiger partial charge in [0.25, 0.3) is 11.8 Å². The van der Waals surface area contributed by atoms with Gasteiger partial charge in [0.2, 0.25) is 29.7 Å². The molecule has 0 radical (unpaired) electrons. The SMILES string of the molecule is CNC1CCC(C(=O)Nc2c(C(=O)Nc3ccc(Cl)cn3)oc3ccc(C(=O)OC)cc23)CC1.COC(=O)c1ccc2oc(C(=O)Nc3ccc(Cl)cn3)c(NC(=O)C3CCC(N(C)C=O)CC3)c2c1.Cl. The Morgan fingerprint density at radius 3 is 1.42 bits per heavy atom. The molecule has 22 heteroatoms. The number of aromatic nitrogens is 2. The lowest BCUT2D eigenvalue weighted by atomic mass is 9.85. The van der Waals surface area contributed by atoms with Crippen molar-refractivity contribution in [2.24, 2.45) is 11.8 Å². The molecule has 6 aromatic rings. The van der Waals surface area contributed by atoms with Crippen molar-refractivity contribution in [1.29, 1.82) is 0 Å². The number of esters is 2. The zero-order valence-corrected chi connectivity index (χ0v) is 41.3. The number of rotatable bonds is 13. The molecule has 5 amide bonds. The van der Waals surface area contributed by atoms with Gasteiger partial charge >= 0.3 is 11.9 Å². The summed E-state index contributed by atoms with van der Waals surface area (Å²) in [5.74, 6) is -3.00. The van der Waals surface area contributed by atoms with Crippen LogP contribution in [0.15, 0.2) is 81.9 Å². The average Bonchev–Trinajstić information content (AvgIpc) is 3.94. The molecule has 0 unspecified atom stereocenters. The number of hydrogen-bond acceptors (Lipinski definition) is 14. The van der Waals surface area contributed by atoms with Crippen LogP contribution in [0.1, 0.15) is 93.2 Å². The van der Waals surface area contributed by atoms with Crippen molar-refractivity contribution in [3.05, 3.63) is 106 Å². The minimum Gasteiger partial charge on any atom is -0.465 e. The molecule has 0 spiro atoms. The maximum Gasteiger partial charge on any atom is 0.337 e. The third-order valence-corrected chi connectivity index (χ3v) is 12.8. The Labute approximate surface area is 423 Å². The molecule has 2 fully saturated rings. The van der Waals surface area contributed by atoms with Crippen LogP contribution in [0.5, 0.6) is 0 Å². The number of carbonyl (C=O) groups excluding carboxylic acids is 7. The number of ether oxygens (including phenoxy) is 2. The molecule has 2 aromatic carbocycles. The van der Waals surface area contributed by atoms with Crippen LogP contribution in [0.4, 0.5) is 23.0 Å². The maximum atomic E-state index is 13.2. The lowest BCUT2D eigenvalue weighted by Gasteiger charge is -2.32. The summed E-state index contributed by atoms with van der Waals surface area (Å²) in [5, 5.41) is 15.9. The highest BCUT2D eigenvalue weighted by Gasteiger charge is 2.32. The summed E-state index contributed by atoms with van der Waals surface area (Å²) in [6.45, 7) is 0. The van der Waals surface area contributed by atoms with E-state index in [2.05, 4.69) is 36.6 Å². The first-order valence-electron chi connectivity index (χ1n) is 22.3. The molecule has 8 rings (SSSR count). The predicted octanol–water partition coefficient (Wildman–Crippen LogP) is 8.76. The van der Waals surface area contributed by atoms with E-state index in [0.717, 1.165) is 32.1 Å². The molecule has 5 N–H and O–H groups in total. The second-order valence-electron chi connectivity index (χ2n) is 16.7. The molecule has 0 aliphatic heterocycles. The normalized spacial score (nSPS) is 17.3. The Morgan fingerprint density at radius 2 is 1.06 bits per heavy atom. The highest BCUT2D eigenvalue weighted by Crippen LogP contribution is 2.37. The van der Waals surface area contributed by atoms with Crippen molar-refractivity contribution >= 4 is 123 Å². The second-order valence-corrected chi connectivity index (χ2v) is 17.6. The maximum absolute atomic E-state index is 13.2. The molecule has 71 heavy (non-hydrogen) atoms. The third kappa shape index (κ3) is 12.8. The molecule has 2 saturated carbocycles. The van der Waals surface area contributed by atoms with E-state index in [0.29, 0.717) is 63.7 Å². The van der Waals surface area contributed by atoms with Crippen LogP contribution >= 0.6 is 35.6 Å². The number of halogens is 3. The minimum atomic E-state index is -0.632. The van der Waals surface area contributed by atoms with Gasteiger partial charge in [-0.25, -0.2) is 19.6 Å². The van der Waals surface area contributed by atoms with E-state index >= 15 is 0 Å². The second kappa shape index (κ2) is 24.2. The molecule has 0 atom stereocenters. The number of carbonyl (C=O) groups is 7. The van der Waals surface area contributed by atoms with E-state index in [1.165, 1.54) is 63.0 Å². The standard InChI is InChI=1S/C25H25ClN4O6.C24H25ClN4O5.ClH/c1-30(13-31)17-7-3-14(4-8-17)23(32)29-21-18-11-15(25(34)35-2)5-9-19(18)36-22(21)24(33)28-20-10-6-16(26)12-27-20;1-26-16-7-3-13(4-8-16)22(30)29-20-17-11-14(24(32)33-2)5-9-18(17)34-21(20)23(31)28-19-10-6-15(25)12-27-19;/h5-6,9-14,17H,3-4,7-8H2,1-2H3,(H,29,32)(H,27,28,33);5-6,9-13,16,26H,3-4,7-8H2,1-2H3,(H,29,30)(H,27,28,31);1H. The lowest BCUT2D eigenvalue weighted by molar-refractivity contribution is -0.122. The molecule has 19 nitrogen and oxygen atoms in total. The molecular weight excluding hydrogens is 983 g/mol. The Bertz CT molecular complexity index is 2910. The monoisotopic (exact) mass is 1030 g/mol. The number of fused-ring (bicyclic) bond motifs is 2. The van der Waals surface area contributed by atoms with E-state index in [-0.39, 0.29) is 87.8 Å². The quantitative estimate of drug-likeness (QED) is 0.0536. The number of nitrogens with one attached hydrogen (secondary N) is 5. The number of furan rings is 2. The van der Waals surface area contributed by atoms with Gasteiger partial charge in [-0.05, 0) is 119 Å². The Kier molecular flexibility index (Phi) is 18.1. The van der Waals surface area contributed by atoms with Gasteiger partial charge in [0.1, 0.15) is 34.2 Å². The van der Waals surface area contributed by atoms with Gasteiger partial charge in [-0.3, -0.25) is 24.0 Å². The van der Waals surface area contributed by atoms with Crippen LogP contribution in [0.2, 0.25) is 10.0 Å². The first-order valence-corrected chi connectivity index (χ1v) is 23.1. The average molecular weight is 1030 g/mol. The van der Waals surface area contributed by atoms with Gasteiger partial charge in [0, 0.05) is 54.1 Å². The van der Waals surface area contributed by atoms with Crippen molar-refractivity contribution in [1.82, 2.24) is 20.2 Å². The Hall–Kier alpha value is -7.06. The number of nitrogens with zero attached hydrogens (tertiary/aromatic N) is 3. The van der Waals surface area contributed by atoms with Crippen molar-refractivity contribution in [3.63, 3.8) is 0 Å². The van der Waals surface area contributed by atoms with Crippen molar-refractivity contribution in [2.75, 3.05) is 49.6 Å². The summed E-state index contributed by atoms with van der Waals surface area (Å²) < 4.78 is 21.2. The Balaban J connectivity index is 0.000000230. The van der Waals surface area contributed by atoms with Gasteiger partial charge in [0.15, 0.2) is 0 Å². The largest absolute Gasteiger partial charge is 0.465 e. The van der Waals surface area contributed by atoms with Gasteiger partial charge < -0.3 is 49.8 Å². The molecular formula is C49H51Cl3N8O11. The summed E-state index contributed by atoms with van der Waals surface area (Å²) in [6.07, 6.45) is 9.41. The van der Waals surface area contributed by atoms with Gasteiger partial charge in [-0.2, -0.15) is 0 Å². The highest BCUT2D eigenvalue weighted by atomic mass is 35.5. The van der Waals surface area contributed by atoms with E-state index in [9.17, 15) is 33.6 Å². The van der Waals surface area contributed by atoms with Gasteiger partial charge in [-0.15, -0.1) is 12.4 Å². The van der Waals surface area contributed by atoms with Crippen molar-refractivity contribution in [2.45, 2.75) is 63.5 Å². The molecule has 2 aliphatic carbocycles. The molecule has 4 aromatic heterocycles. The third-order valence-electron chi connectivity index (χ3n) is 12.4. The fourth-order valence-electron chi connectivity index (χ4n) is 8.42. The zero-order valence-electron chi connectivity index (χ0n) is 39.0. The van der Waals surface area contributed by atoms with E-state index in [1.807, 2.05) is 7.05 Å². The summed E-state index contributed by atoms with van der Waals surface area (Å²) in [6, 6.07) is 15.9. The number of amides is 5. The number of pyridine rings is 2. The van der Waals surface area contributed by atoms with Crippen molar-refractivity contribution in [3.8, 4) is 0 Å². The number of hydrogen-bond donors (Lipinski definition) is 5. The summed E-state index contributed by atoms with van der Waals surface area (Å²) in [7, 11) is 6.20. The van der Waals surface area contributed by atoms with E-state index < -0.39 is 23.8 Å². The van der Waals surface area contributed by atoms with E-state index in [4.69, 9.17) is 41.5 Å². The summed E-state index contributed by atoms with van der Waals surface area (Å²) in [5.41, 5.74) is 1.52. The number of methoxy groups -OCH3 is 2. The fraction of sp³-hybridized carbons (Fsp3) is 0.327. The Morgan fingerprint density at radius 1 is 0.634 bits per heavy atom. The highest BCUT2D eigenvalue weighted by molar-refractivity contribution is 6.30. The van der Waals surface area contributed by atoms with Crippen LogP contribution in [0.25, 0.3) is 21.9 Å². The molecule has 4 heterocycles. The molecule has 374 valence electrons. The first-order chi connectivity index (χ1) is 33.7. The topological polar surface area (TPSA) is 253 Å². The number of benzene rings is 2. The predicted molar refractivity (Wildman–Crippen MR) is 268 cm³/mol. The summed E-state index contributed by atoms with van der Waals surface area (Å²) >= 11 is 11.7. The molecule has 0 bridgehead atoms. The smallest absolute Gasteiger partial charge is 0.337 e. The molecule has 2 aliphatic rings. The summed E-state index contributed by atoms with van der Waals surface area (Å²) in [4.78, 5) is 97.5. The van der Waals surface area contributed by atoms with Crippen LogP contribution in [-0.2, 0) is 23.9 Å². The van der Waals surface area contributed by atoms with Crippen LogP contribution in [-0.4, -0.2) is 97.2 Å². The lowest BCUT2D eigenvalue weighted by Crippen LogP contribution is -2.37. The van der Waals surface area contributed by atoms with Crippen molar-refractivity contribution < 1.29 is 51.9 Å². The fourth-order valence-corrected chi connectivity index (χ4v) is 8.65. The van der Waals surface area contributed by atoms with Crippen LogP contribution < -0.4 is 26.6 Å². The minimum absolute atomic E-state index is 0. The first kappa shape index (κ1) is 53.3. The number of anilines is 4. The van der Waals surface area contributed by atoms with Crippen LogP contribution in [0.3, 0.4) is 0 Å². The van der Waals surface area contributed by atoms with Gasteiger partial charge in [-0.1, -0.05) is 23.2 Å². The van der Waals surface area contributed by atoms with Crippen LogP contribution in [0, 0.1) is 11.8 Å². The zero-order chi connectivity index (χ0) is 50.1.